The second-order valence-corrected chi connectivity index (χ2v) is 7.69. The van der Waals surface area contributed by atoms with Crippen LogP contribution in [0.5, 0.6) is 0 Å². The van der Waals surface area contributed by atoms with Gasteiger partial charge in [0, 0.05) is 0 Å². The van der Waals surface area contributed by atoms with E-state index in [0.717, 1.165) is 12.8 Å². The first kappa shape index (κ1) is 29.0. The molecule has 0 saturated carbocycles. The largest absolute Gasteiger partial charge is 0.394 e. The van der Waals surface area contributed by atoms with Crippen LogP contribution in [0.15, 0.2) is 0 Å². The van der Waals surface area contributed by atoms with Crippen LogP contribution in [0.25, 0.3) is 0 Å². The first-order chi connectivity index (χ1) is 13.0. The topological polar surface area (TPSA) is 90.2 Å². The van der Waals surface area contributed by atoms with E-state index in [9.17, 15) is 5.11 Å². The molecular formula is C22H48O5. The van der Waals surface area contributed by atoms with Gasteiger partial charge < -0.3 is 25.2 Å². The van der Waals surface area contributed by atoms with E-state index in [1.54, 1.807) is 0 Å². The Morgan fingerprint density at radius 3 is 1.30 bits per heavy atom. The Bertz CT molecular complexity index is 257. The van der Waals surface area contributed by atoms with Crippen molar-refractivity contribution in [3.05, 3.63) is 0 Å². The summed E-state index contributed by atoms with van der Waals surface area (Å²) in [6.45, 7) is 5.48. The molecule has 0 aliphatic heterocycles. The molecule has 5 heteroatoms. The van der Waals surface area contributed by atoms with E-state index < -0.39 is 12.4 Å². The highest BCUT2D eigenvalue weighted by Gasteiger charge is 2.05. The Morgan fingerprint density at radius 1 is 0.630 bits per heavy atom. The lowest BCUT2D eigenvalue weighted by molar-refractivity contribution is -0.129. The third kappa shape index (κ3) is 28.1. The van der Waals surface area contributed by atoms with Gasteiger partial charge >= 0.3 is 0 Å². The van der Waals surface area contributed by atoms with Gasteiger partial charge in [-0.25, -0.2) is 0 Å². The molecule has 0 heterocycles. The van der Waals surface area contributed by atoms with Gasteiger partial charge in [0.05, 0.1) is 19.3 Å². The van der Waals surface area contributed by atoms with Crippen LogP contribution in [-0.2, 0) is 4.74 Å². The molecular weight excluding hydrogens is 344 g/mol. The first-order valence-corrected chi connectivity index (χ1v) is 11.2. The molecule has 5 nitrogen and oxygen atoms in total. The summed E-state index contributed by atoms with van der Waals surface area (Å²) in [7, 11) is 0. The second kappa shape index (κ2) is 23.8. The van der Waals surface area contributed by atoms with Gasteiger partial charge in [-0.05, 0) is 26.7 Å². The number of ether oxygens (including phenoxy) is 1. The summed E-state index contributed by atoms with van der Waals surface area (Å²) in [5, 5.41) is 33.6. The Hall–Kier alpha value is -0.200. The predicted molar refractivity (Wildman–Crippen MR) is 113 cm³/mol. The molecule has 1 unspecified atom stereocenters. The van der Waals surface area contributed by atoms with Gasteiger partial charge in [0.15, 0.2) is 6.29 Å². The van der Waals surface area contributed by atoms with Gasteiger partial charge in [0.25, 0.3) is 0 Å². The summed E-state index contributed by atoms with van der Waals surface area (Å²) in [6.07, 6.45) is 17.1. The number of aliphatic hydroxyl groups is 4. The minimum Gasteiger partial charge on any atom is -0.394 e. The minimum atomic E-state index is -0.954. The maximum atomic E-state index is 9.57. The van der Waals surface area contributed by atoms with Crippen molar-refractivity contribution >= 4 is 0 Å². The van der Waals surface area contributed by atoms with Crippen molar-refractivity contribution in [3.8, 4) is 0 Å². The summed E-state index contributed by atoms with van der Waals surface area (Å²) in [6, 6.07) is 0. The molecule has 0 fully saturated rings. The quantitative estimate of drug-likeness (QED) is 0.203. The second-order valence-electron chi connectivity index (χ2n) is 7.69. The van der Waals surface area contributed by atoms with Crippen molar-refractivity contribution in [1.29, 1.82) is 0 Å². The molecule has 0 aromatic carbocycles. The molecule has 166 valence electrons. The van der Waals surface area contributed by atoms with Gasteiger partial charge in [-0.2, -0.15) is 0 Å². The van der Waals surface area contributed by atoms with Crippen LogP contribution in [-0.4, -0.2) is 52.1 Å². The molecule has 0 aromatic rings. The van der Waals surface area contributed by atoms with Gasteiger partial charge in [0.2, 0.25) is 0 Å². The van der Waals surface area contributed by atoms with Crippen LogP contribution in [0, 0.1) is 0 Å². The standard InChI is InChI=1S/C19H40O2.C3H8O3/c1-4-5-6-7-8-9-10-11-12-13-14-15-16-17-19(20)21-18(2)3;4-1-3(6)2-5/h18-20H,4-17H2,1-3H3;3-6H,1-2H2. The lowest BCUT2D eigenvalue weighted by Crippen LogP contribution is -2.16. The zero-order valence-electron chi connectivity index (χ0n) is 18.2. The Morgan fingerprint density at radius 2 is 1.00 bits per heavy atom. The normalized spacial score (nSPS) is 12.3. The molecule has 0 radical (unpaired) electrons. The number of rotatable bonds is 18. The molecule has 0 aliphatic rings. The maximum Gasteiger partial charge on any atom is 0.154 e. The summed E-state index contributed by atoms with van der Waals surface area (Å²) < 4.78 is 5.31. The highest BCUT2D eigenvalue weighted by atomic mass is 16.6. The van der Waals surface area contributed by atoms with Gasteiger partial charge in [0.1, 0.15) is 6.10 Å². The molecule has 0 aromatic heterocycles. The fourth-order valence-corrected chi connectivity index (χ4v) is 2.78. The summed E-state index contributed by atoms with van der Waals surface area (Å²) >= 11 is 0. The van der Waals surface area contributed by atoms with E-state index in [-0.39, 0.29) is 19.3 Å². The molecule has 0 aliphatic carbocycles. The SMILES string of the molecule is CCCCCCCCCCCCCCCC(O)OC(C)C.OCC(O)CO. The average Bonchev–Trinajstić information content (AvgIpc) is 2.64. The van der Waals surface area contributed by atoms with Gasteiger partial charge in [-0.3, -0.25) is 0 Å². The van der Waals surface area contributed by atoms with Crippen LogP contribution in [0.3, 0.4) is 0 Å². The van der Waals surface area contributed by atoms with E-state index in [4.69, 9.17) is 20.1 Å². The smallest absolute Gasteiger partial charge is 0.154 e. The van der Waals surface area contributed by atoms with Crippen LogP contribution >= 0.6 is 0 Å². The summed E-state index contributed by atoms with van der Waals surface area (Å²) in [4.78, 5) is 0. The molecule has 1 atom stereocenters. The monoisotopic (exact) mass is 392 g/mol. The average molecular weight is 393 g/mol. The van der Waals surface area contributed by atoms with Crippen molar-refractivity contribution in [2.75, 3.05) is 13.2 Å². The Labute approximate surface area is 168 Å². The fourth-order valence-electron chi connectivity index (χ4n) is 2.78. The number of unbranched alkanes of at least 4 members (excludes halogenated alkanes) is 12. The first-order valence-electron chi connectivity index (χ1n) is 11.2. The third-order valence-corrected chi connectivity index (χ3v) is 4.41. The molecule has 0 rings (SSSR count). The Balaban J connectivity index is 0. The van der Waals surface area contributed by atoms with E-state index in [0.29, 0.717) is 0 Å². The minimum absolute atomic E-state index is 0.127. The van der Waals surface area contributed by atoms with Crippen LogP contribution < -0.4 is 0 Å². The van der Waals surface area contributed by atoms with E-state index in [1.165, 1.54) is 77.0 Å². The van der Waals surface area contributed by atoms with Crippen LogP contribution in [0.1, 0.15) is 111 Å². The van der Waals surface area contributed by atoms with Crippen LogP contribution in [0.4, 0.5) is 0 Å². The molecule has 4 N–H and O–H groups in total. The fraction of sp³-hybridized carbons (Fsp3) is 1.00. The zero-order valence-corrected chi connectivity index (χ0v) is 18.2. The molecule has 0 bridgehead atoms. The maximum absolute atomic E-state index is 9.57. The zero-order chi connectivity index (χ0) is 20.8. The van der Waals surface area contributed by atoms with Crippen molar-refractivity contribution in [1.82, 2.24) is 0 Å². The number of hydrogen-bond acceptors (Lipinski definition) is 5. The lowest BCUT2D eigenvalue weighted by Gasteiger charge is -2.14. The molecule has 0 amide bonds. The van der Waals surface area contributed by atoms with Gasteiger partial charge in [-0.1, -0.05) is 84.0 Å². The van der Waals surface area contributed by atoms with Crippen molar-refractivity contribution in [3.63, 3.8) is 0 Å². The number of hydrogen-bond donors (Lipinski definition) is 4. The lowest BCUT2D eigenvalue weighted by atomic mass is 10.0. The predicted octanol–water partition coefficient (Wildman–Crippen LogP) is 4.54. The van der Waals surface area contributed by atoms with Crippen LogP contribution in [0.2, 0.25) is 0 Å². The van der Waals surface area contributed by atoms with E-state index in [1.807, 2.05) is 13.8 Å². The highest BCUT2D eigenvalue weighted by molar-refractivity contribution is 4.51. The highest BCUT2D eigenvalue weighted by Crippen LogP contribution is 2.13. The Kier molecular flexibility index (Phi) is 25.6. The molecule has 27 heavy (non-hydrogen) atoms. The number of aliphatic hydroxyl groups excluding tert-OH is 4. The summed E-state index contributed by atoms with van der Waals surface area (Å²) in [5.41, 5.74) is 0. The summed E-state index contributed by atoms with van der Waals surface area (Å²) in [5.74, 6) is 0. The van der Waals surface area contributed by atoms with Crippen molar-refractivity contribution < 1.29 is 25.2 Å². The third-order valence-electron chi connectivity index (χ3n) is 4.41. The van der Waals surface area contributed by atoms with E-state index in [2.05, 4.69) is 6.92 Å². The van der Waals surface area contributed by atoms with Gasteiger partial charge in [-0.15, -0.1) is 0 Å². The molecule has 0 saturated heterocycles. The van der Waals surface area contributed by atoms with Crippen molar-refractivity contribution in [2.24, 2.45) is 0 Å². The van der Waals surface area contributed by atoms with E-state index >= 15 is 0 Å². The molecule has 0 spiro atoms. The van der Waals surface area contributed by atoms with Crippen molar-refractivity contribution in [2.45, 2.75) is 129 Å².